The molecule has 1 heterocycles. The maximum Gasteiger partial charge on any atom is 0.313 e. The fourth-order valence-corrected chi connectivity index (χ4v) is 3.88. The lowest BCUT2D eigenvalue weighted by molar-refractivity contribution is 0.618. The van der Waals surface area contributed by atoms with Crippen LogP contribution in [-0.4, -0.2) is 4.37 Å². The van der Waals surface area contributed by atoms with Gasteiger partial charge in [0.1, 0.15) is 5.75 Å². The summed E-state index contributed by atoms with van der Waals surface area (Å²) < 4.78 is 3.32. The second-order valence-electron chi connectivity index (χ2n) is 3.88. The van der Waals surface area contributed by atoms with Gasteiger partial charge in [0.2, 0.25) is 0 Å². The van der Waals surface area contributed by atoms with Crippen LogP contribution in [0, 0.1) is 0 Å². The van der Waals surface area contributed by atoms with Gasteiger partial charge in [-0.3, -0.25) is 4.79 Å². The Bertz CT molecular complexity index is 373. The number of aromatic amines is 1. The molecule has 0 aliphatic carbocycles. The van der Waals surface area contributed by atoms with E-state index in [1.165, 1.54) is 32.1 Å². The van der Waals surface area contributed by atoms with E-state index in [9.17, 15) is 4.79 Å². The lowest BCUT2D eigenvalue weighted by Gasteiger charge is -1.96. The van der Waals surface area contributed by atoms with Crippen molar-refractivity contribution in [2.75, 3.05) is 0 Å². The molecule has 92 valence electrons. The largest absolute Gasteiger partial charge is 0.313 e. The quantitative estimate of drug-likeness (QED) is 0.566. The van der Waals surface area contributed by atoms with Crippen LogP contribution in [0.4, 0.5) is 0 Å². The zero-order valence-corrected chi connectivity index (χ0v) is 11.9. The fourth-order valence-electron chi connectivity index (χ4n) is 1.57. The molecular formula is C11H18Cl2NOS+. The molecule has 0 saturated heterocycles. The average Bonchev–Trinajstić information content (AvgIpc) is 2.51. The topological polar surface area (TPSA) is 32.9 Å². The Balaban J connectivity index is 2.27. The highest BCUT2D eigenvalue weighted by Crippen LogP contribution is 2.33. The number of hydrogen-bond acceptors (Lipinski definition) is 1. The molecule has 5 heteroatoms. The van der Waals surface area contributed by atoms with Crippen molar-refractivity contribution in [2.24, 2.45) is 0 Å². The molecule has 1 atom stereocenters. The third-order valence-electron chi connectivity index (χ3n) is 2.51. The van der Waals surface area contributed by atoms with Gasteiger partial charge in [-0.1, -0.05) is 44.2 Å². The zero-order chi connectivity index (χ0) is 12.0. The minimum atomic E-state index is -0.326. The number of hydrogen-bond donors (Lipinski definition) is 1. The first-order valence-electron chi connectivity index (χ1n) is 5.74. The Morgan fingerprint density at radius 1 is 1.12 bits per heavy atom. The van der Waals surface area contributed by atoms with Gasteiger partial charge < -0.3 is 0 Å². The van der Waals surface area contributed by atoms with E-state index < -0.39 is 0 Å². The molecule has 1 unspecified atom stereocenters. The number of unbranched alkanes of at least 4 members (excludes halogenated alkanes) is 5. The predicted octanol–water partition coefficient (Wildman–Crippen LogP) is 4.79. The van der Waals surface area contributed by atoms with Gasteiger partial charge in [-0.15, -0.1) is 4.37 Å². The SMILES string of the molecule is CCCCCCCC[s+]1[nH]c(=O)c(Cl)c1Cl. The van der Waals surface area contributed by atoms with E-state index in [4.69, 9.17) is 23.2 Å². The number of H-pyrrole nitrogens is 1. The van der Waals surface area contributed by atoms with Crippen molar-refractivity contribution in [3.05, 3.63) is 19.7 Å². The summed E-state index contributed by atoms with van der Waals surface area (Å²) in [4.78, 5) is 11.2. The molecule has 0 aliphatic rings. The Morgan fingerprint density at radius 3 is 2.31 bits per heavy atom. The van der Waals surface area contributed by atoms with Crippen LogP contribution < -0.4 is 5.56 Å². The van der Waals surface area contributed by atoms with Crippen LogP contribution in [0.2, 0.25) is 9.36 Å². The second-order valence-corrected chi connectivity index (χ2v) is 6.66. The monoisotopic (exact) mass is 282 g/mol. The Hall–Kier alpha value is 0.01000. The fraction of sp³-hybridized carbons (Fsp3) is 0.727. The van der Waals surface area contributed by atoms with E-state index >= 15 is 0 Å². The van der Waals surface area contributed by atoms with Gasteiger partial charge in [0.25, 0.3) is 4.34 Å². The molecule has 1 N–H and O–H groups in total. The van der Waals surface area contributed by atoms with Crippen molar-refractivity contribution >= 4 is 33.9 Å². The highest BCUT2D eigenvalue weighted by atomic mass is 35.5. The van der Waals surface area contributed by atoms with Crippen LogP contribution in [0.5, 0.6) is 0 Å². The van der Waals surface area contributed by atoms with Crippen molar-refractivity contribution in [3.8, 4) is 0 Å². The summed E-state index contributed by atoms with van der Waals surface area (Å²) in [5.74, 6) is 0.924. The number of halogens is 2. The van der Waals surface area contributed by atoms with Crippen molar-refractivity contribution in [1.82, 2.24) is 4.37 Å². The third kappa shape index (κ3) is 4.11. The minimum Gasteiger partial charge on any atom is -0.263 e. The molecule has 1 aromatic heterocycles. The highest BCUT2D eigenvalue weighted by molar-refractivity contribution is 7.29. The van der Waals surface area contributed by atoms with Gasteiger partial charge >= 0.3 is 5.56 Å². The van der Waals surface area contributed by atoms with Gasteiger partial charge in [0, 0.05) is 0 Å². The molecule has 0 bridgehead atoms. The molecule has 1 aromatic rings. The first kappa shape index (κ1) is 14.1. The third-order valence-corrected chi connectivity index (χ3v) is 5.59. The van der Waals surface area contributed by atoms with Gasteiger partial charge in [-0.2, -0.15) is 0 Å². The van der Waals surface area contributed by atoms with Gasteiger partial charge in [0.05, 0.1) is 10.7 Å². The summed E-state index contributed by atoms with van der Waals surface area (Å²) >= 11 is 11.7. The van der Waals surface area contributed by atoms with E-state index in [0.29, 0.717) is 4.34 Å². The molecule has 0 amide bonds. The van der Waals surface area contributed by atoms with Gasteiger partial charge in [-0.25, -0.2) is 0 Å². The number of nitrogens with one attached hydrogen (secondary N) is 1. The Kier molecular flexibility index (Phi) is 6.47. The number of rotatable bonds is 7. The molecule has 16 heavy (non-hydrogen) atoms. The van der Waals surface area contributed by atoms with E-state index in [1.807, 2.05) is 0 Å². The maximum absolute atomic E-state index is 11.2. The standard InChI is InChI=1S/C11H17Cl2NOS/c1-2-3-4-5-6-7-8-16-10(13)9(12)11(15)14-16/h2-8H2,1H3/p+1. The minimum absolute atomic E-state index is 0.177. The molecule has 1 rings (SSSR count). The first-order valence-corrected chi connectivity index (χ1v) is 7.89. The molecule has 0 aliphatic heterocycles. The summed E-state index contributed by atoms with van der Waals surface area (Å²) in [5, 5.41) is 0.177. The average molecular weight is 283 g/mol. The molecular weight excluding hydrogens is 265 g/mol. The Labute approximate surface area is 109 Å². The molecule has 2 nitrogen and oxygen atoms in total. The number of aromatic nitrogens is 1. The molecule has 0 spiro atoms. The summed E-state index contributed by atoms with van der Waals surface area (Å²) in [6.07, 6.45) is 7.48. The molecule has 0 aromatic carbocycles. The van der Waals surface area contributed by atoms with Crippen LogP contribution in [-0.2, 0) is 5.75 Å². The predicted molar refractivity (Wildman–Crippen MR) is 72.9 cm³/mol. The zero-order valence-electron chi connectivity index (χ0n) is 9.52. The summed E-state index contributed by atoms with van der Waals surface area (Å²) in [5.41, 5.74) is -0.221. The summed E-state index contributed by atoms with van der Waals surface area (Å²) in [7, 11) is -0.326. The lowest BCUT2D eigenvalue weighted by atomic mass is 10.1. The second kappa shape index (κ2) is 7.36. The van der Waals surface area contributed by atoms with Crippen LogP contribution in [0.3, 0.4) is 0 Å². The van der Waals surface area contributed by atoms with Crippen LogP contribution in [0.15, 0.2) is 4.79 Å². The van der Waals surface area contributed by atoms with E-state index in [-0.39, 0.29) is 21.2 Å². The molecule has 0 fully saturated rings. The van der Waals surface area contributed by atoms with Gasteiger partial charge in [-0.05, 0) is 24.4 Å². The smallest absolute Gasteiger partial charge is 0.263 e. The van der Waals surface area contributed by atoms with Crippen molar-refractivity contribution in [2.45, 2.75) is 51.2 Å². The highest BCUT2D eigenvalue weighted by Gasteiger charge is 2.20. The van der Waals surface area contributed by atoms with Crippen molar-refractivity contribution < 1.29 is 0 Å². The maximum atomic E-state index is 11.2. The summed E-state index contributed by atoms with van der Waals surface area (Å²) in [6.45, 7) is 2.21. The lowest BCUT2D eigenvalue weighted by Crippen LogP contribution is -1.96. The van der Waals surface area contributed by atoms with Crippen LogP contribution in [0.25, 0.3) is 0 Å². The first-order chi connectivity index (χ1) is 7.66. The van der Waals surface area contributed by atoms with E-state index in [0.717, 1.165) is 12.2 Å². The summed E-state index contributed by atoms with van der Waals surface area (Å²) in [6, 6.07) is 0. The Morgan fingerprint density at radius 2 is 1.75 bits per heavy atom. The van der Waals surface area contributed by atoms with E-state index in [2.05, 4.69) is 11.3 Å². The van der Waals surface area contributed by atoms with Crippen molar-refractivity contribution in [1.29, 1.82) is 0 Å². The van der Waals surface area contributed by atoms with E-state index in [1.54, 1.807) is 0 Å². The van der Waals surface area contributed by atoms with Crippen LogP contribution in [0.1, 0.15) is 45.4 Å². The van der Waals surface area contributed by atoms with Crippen molar-refractivity contribution in [3.63, 3.8) is 0 Å². The van der Waals surface area contributed by atoms with Crippen LogP contribution >= 0.6 is 33.9 Å². The normalized spacial score (nSPS) is 12.1. The number of aryl methyl sites for hydroxylation is 1. The molecule has 0 radical (unpaired) electrons. The van der Waals surface area contributed by atoms with Gasteiger partial charge in [0.15, 0.2) is 5.02 Å². The molecule has 0 saturated carbocycles.